The summed E-state index contributed by atoms with van der Waals surface area (Å²) in [4.78, 5) is 15.3. The fourth-order valence-corrected chi connectivity index (χ4v) is 3.11. The summed E-state index contributed by atoms with van der Waals surface area (Å²) in [5, 5.41) is 4.53. The number of anilines is 1. The summed E-state index contributed by atoms with van der Waals surface area (Å²) in [6.07, 6.45) is 3.06. The molecule has 0 aliphatic rings. The maximum Gasteiger partial charge on any atom is 0.224 e. The predicted molar refractivity (Wildman–Crippen MR) is 94.4 cm³/mol. The molecule has 0 atom stereocenters. The molecule has 0 saturated carbocycles. The molecule has 0 saturated heterocycles. The molecule has 3 nitrogen and oxygen atoms in total. The fraction of sp³-hybridized carbons (Fsp3) is 0.118. The van der Waals surface area contributed by atoms with Crippen molar-refractivity contribution in [2.24, 2.45) is 0 Å². The van der Waals surface area contributed by atoms with Crippen LogP contribution in [0.4, 0.5) is 5.69 Å². The lowest BCUT2D eigenvalue weighted by Crippen LogP contribution is -2.12. The molecule has 0 spiro atoms. The Morgan fingerprint density at radius 2 is 2.05 bits per heavy atom. The molecule has 112 valence electrons. The zero-order valence-corrected chi connectivity index (χ0v) is 14.0. The van der Waals surface area contributed by atoms with Crippen LogP contribution in [0.5, 0.6) is 0 Å². The van der Waals surface area contributed by atoms with Gasteiger partial charge < -0.3 is 10.3 Å². The normalized spacial score (nSPS) is 10.8. The van der Waals surface area contributed by atoms with E-state index in [2.05, 4.69) is 32.3 Å². The zero-order chi connectivity index (χ0) is 15.5. The summed E-state index contributed by atoms with van der Waals surface area (Å²) in [6.45, 7) is 0. The van der Waals surface area contributed by atoms with Gasteiger partial charge in [-0.3, -0.25) is 4.79 Å². The van der Waals surface area contributed by atoms with Gasteiger partial charge in [-0.1, -0.05) is 45.7 Å². The van der Waals surface area contributed by atoms with Crippen molar-refractivity contribution in [3.63, 3.8) is 0 Å². The second-order valence-electron chi connectivity index (χ2n) is 5.03. The lowest BCUT2D eigenvalue weighted by molar-refractivity contribution is -0.116. The predicted octanol–water partition coefficient (Wildman–Crippen LogP) is 5.16. The number of para-hydroxylation sites is 1. The number of aromatic nitrogens is 1. The van der Waals surface area contributed by atoms with Crippen molar-refractivity contribution >= 4 is 50.0 Å². The van der Waals surface area contributed by atoms with Gasteiger partial charge in [-0.25, -0.2) is 0 Å². The van der Waals surface area contributed by atoms with E-state index in [0.29, 0.717) is 23.6 Å². The molecule has 1 heterocycles. The van der Waals surface area contributed by atoms with Gasteiger partial charge >= 0.3 is 0 Å². The third-order valence-corrected chi connectivity index (χ3v) is 4.31. The molecule has 0 fully saturated rings. The lowest BCUT2D eigenvalue weighted by atomic mass is 10.1. The first-order valence-corrected chi connectivity index (χ1v) is 8.10. The van der Waals surface area contributed by atoms with Crippen molar-refractivity contribution in [3.8, 4) is 0 Å². The van der Waals surface area contributed by atoms with E-state index in [1.165, 1.54) is 0 Å². The SMILES string of the molecule is O=C(CCc1c[nH]c2ccccc12)Nc1ccc(Br)cc1Cl. The number of hydrogen-bond acceptors (Lipinski definition) is 1. The molecule has 0 radical (unpaired) electrons. The molecule has 5 heteroatoms. The highest BCUT2D eigenvalue weighted by atomic mass is 79.9. The number of aromatic amines is 1. The summed E-state index contributed by atoms with van der Waals surface area (Å²) in [7, 11) is 0. The average Bonchev–Trinajstić information content (AvgIpc) is 2.91. The Morgan fingerprint density at radius 3 is 2.86 bits per heavy atom. The van der Waals surface area contributed by atoms with Gasteiger partial charge in [0.15, 0.2) is 0 Å². The molecule has 0 unspecified atom stereocenters. The number of carbonyl (C=O) groups excluding carboxylic acids is 1. The van der Waals surface area contributed by atoms with Crippen LogP contribution in [0.1, 0.15) is 12.0 Å². The molecule has 3 rings (SSSR count). The topological polar surface area (TPSA) is 44.9 Å². The van der Waals surface area contributed by atoms with Crippen molar-refractivity contribution in [3.05, 3.63) is 63.7 Å². The molecular formula is C17H14BrClN2O. The van der Waals surface area contributed by atoms with E-state index in [4.69, 9.17) is 11.6 Å². The number of fused-ring (bicyclic) bond motifs is 1. The standard InChI is InChI=1S/C17H14BrClN2O/c18-12-6-7-16(14(19)9-12)21-17(22)8-5-11-10-20-15-4-2-1-3-13(11)15/h1-4,6-7,9-10,20H,5,8H2,(H,21,22). The van der Waals surface area contributed by atoms with Crippen molar-refractivity contribution in [2.45, 2.75) is 12.8 Å². The minimum absolute atomic E-state index is 0.0468. The van der Waals surface area contributed by atoms with Crippen LogP contribution in [0.15, 0.2) is 53.1 Å². The smallest absolute Gasteiger partial charge is 0.224 e. The third-order valence-electron chi connectivity index (χ3n) is 3.50. The molecular weight excluding hydrogens is 364 g/mol. The number of rotatable bonds is 4. The Bertz CT molecular complexity index is 828. The largest absolute Gasteiger partial charge is 0.361 e. The van der Waals surface area contributed by atoms with E-state index >= 15 is 0 Å². The molecule has 0 bridgehead atoms. The second-order valence-corrected chi connectivity index (χ2v) is 6.35. The molecule has 3 aromatic rings. The van der Waals surface area contributed by atoms with Crippen LogP contribution >= 0.6 is 27.5 Å². The van der Waals surface area contributed by atoms with E-state index in [9.17, 15) is 4.79 Å². The van der Waals surface area contributed by atoms with Gasteiger partial charge in [0.2, 0.25) is 5.91 Å². The van der Waals surface area contributed by atoms with Gasteiger partial charge in [0.05, 0.1) is 10.7 Å². The van der Waals surface area contributed by atoms with Gasteiger partial charge in [-0.2, -0.15) is 0 Å². The van der Waals surface area contributed by atoms with E-state index in [1.54, 1.807) is 12.1 Å². The van der Waals surface area contributed by atoms with Gasteiger partial charge in [-0.15, -0.1) is 0 Å². The highest BCUT2D eigenvalue weighted by Gasteiger charge is 2.09. The summed E-state index contributed by atoms with van der Waals surface area (Å²) in [5.74, 6) is -0.0468. The third kappa shape index (κ3) is 3.34. The van der Waals surface area contributed by atoms with Crippen molar-refractivity contribution in [1.82, 2.24) is 4.98 Å². The number of amides is 1. The second kappa shape index (κ2) is 6.55. The van der Waals surface area contributed by atoms with Crippen LogP contribution < -0.4 is 5.32 Å². The van der Waals surface area contributed by atoms with Gasteiger partial charge in [0.25, 0.3) is 0 Å². The Labute approximate surface area is 141 Å². The molecule has 22 heavy (non-hydrogen) atoms. The summed E-state index contributed by atoms with van der Waals surface area (Å²) in [5.41, 5.74) is 2.87. The molecule has 1 amide bonds. The summed E-state index contributed by atoms with van der Waals surface area (Å²) in [6, 6.07) is 13.5. The summed E-state index contributed by atoms with van der Waals surface area (Å²) < 4.78 is 0.884. The van der Waals surface area contributed by atoms with Crippen molar-refractivity contribution in [2.75, 3.05) is 5.32 Å². The Balaban J connectivity index is 1.65. The van der Waals surface area contributed by atoms with Crippen molar-refractivity contribution < 1.29 is 4.79 Å². The number of halogens is 2. The quantitative estimate of drug-likeness (QED) is 0.648. The number of nitrogens with one attached hydrogen (secondary N) is 2. The number of benzene rings is 2. The molecule has 2 aromatic carbocycles. The minimum Gasteiger partial charge on any atom is -0.361 e. The molecule has 0 aliphatic carbocycles. The Kier molecular flexibility index (Phi) is 4.50. The number of H-pyrrole nitrogens is 1. The minimum atomic E-state index is -0.0468. The summed E-state index contributed by atoms with van der Waals surface area (Å²) >= 11 is 9.44. The van der Waals surface area contributed by atoms with E-state index in [0.717, 1.165) is 20.9 Å². The van der Waals surface area contributed by atoms with Crippen LogP contribution in [-0.4, -0.2) is 10.9 Å². The van der Waals surface area contributed by atoms with Crippen LogP contribution in [-0.2, 0) is 11.2 Å². The van der Waals surface area contributed by atoms with Crippen LogP contribution in [0, 0.1) is 0 Å². The Morgan fingerprint density at radius 1 is 1.23 bits per heavy atom. The molecule has 2 N–H and O–H groups in total. The zero-order valence-electron chi connectivity index (χ0n) is 11.7. The fourth-order valence-electron chi connectivity index (χ4n) is 2.39. The van der Waals surface area contributed by atoms with Gasteiger partial charge in [-0.05, 0) is 36.2 Å². The molecule has 1 aromatic heterocycles. The number of aryl methyl sites for hydroxylation is 1. The average molecular weight is 378 g/mol. The highest BCUT2D eigenvalue weighted by Crippen LogP contribution is 2.26. The van der Waals surface area contributed by atoms with Crippen LogP contribution in [0.25, 0.3) is 10.9 Å². The van der Waals surface area contributed by atoms with Gasteiger partial charge in [0.1, 0.15) is 0 Å². The first kappa shape index (κ1) is 15.1. The van der Waals surface area contributed by atoms with E-state index in [1.807, 2.05) is 30.5 Å². The number of hydrogen-bond donors (Lipinski definition) is 2. The first-order chi connectivity index (χ1) is 10.6. The molecule has 0 aliphatic heterocycles. The van der Waals surface area contributed by atoms with Crippen LogP contribution in [0.3, 0.4) is 0 Å². The van der Waals surface area contributed by atoms with E-state index in [-0.39, 0.29) is 5.91 Å². The Hall–Kier alpha value is -1.78. The van der Waals surface area contributed by atoms with Crippen molar-refractivity contribution in [1.29, 1.82) is 0 Å². The first-order valence-electron chi connectivity index (χ1n) is 6.93. The maximum absolute atomic E-state index is 12.1. The van der Waals surface area contributed by atoms with Gasteiger partial charge in [0, 0.05) is 28.0 Å². The lowest BCUT2D eigenvalue weighted by Gasteiger charge is -2.07. The van der Waals surface area contributed by atoms with E-state index < -0.39 is 0 Å². The van der Waals surface area contributed by atoms with Crippen LogP contribution in [0.2, 0.25) is 5.02 Å². The highest BCUT2D eigenvalue weighted by molar-refractivity contribution is 9.10. The maximum atomic E-state index is 12.1. The number of carbonyl (C=O) groups is 1. The monoisotopic (exact) mass is 376 g/mol.